The summed E-state index contributed by atoms with van der Waals surface area (Å²) in [4.78, 5) is 20.5. The molecule has 0 N–H and O–H groups in total. The molecule has 0 atom stereocenters. The maximum atomic E-state index is 6.53. The number of aromatic nitrogens is 4. The van der Waals surface area contributed by atoms with E-state index in [1.807, 2.05) is 103 Å². The Balaban J connectivity index is 1.09. The molecule has 11 rings (SSSR count). The van der Waals surface area contributed by atoms with Gasteiger partial charge in [-0.2, -0.15) is 0 Å². The lowest BCUT2D eigenvalue weighted by Gasteiger charge is -2.11. The van der Waals surface area contributed by atoms with E-state index in [-0.39, 0.29) is 0 Å². The Morgan fingerprint density at radius 3 is 1.67 bits per heavy atom. The molecule has 0 aliphatic rings. The number of pyridine rings is 1. The van der Waals surface area contributed by atoms with Crippen LogP contribution >= 0.6 is 0 Å². The van der Waals surface area contributed by atoms with E-state index in [4.69, 9.17) is 28.8 Å². The van der Waals surface area contributed by atoms with Gasteiger partial charge in [-0.1, -0.05) is 140 Å². The SMILES string of the molecule is c1ccc(-c2nc(-c3cccc(-c4cccc5c4oc4ccccc45)c3)nc(-c3ccc4c(c3)nc(-c3ccccc3)c3c5ccccc5oc43)n2)cc1. The van der Waals surface area contributed by atoms with Crippen molar-refractivity contribution in [3.8, 4) is 56.5 Å². The fraction of sp³-hybridized carbons (Fsp3) is 0. The summed E-state index contributed by atoms with van der Waals surface area (Å²) >= 11 is 0. The molecular weight excluding hydrogens is 665 g/mol. The summed E-state index contributed by atoms with van der Waals surface area (Å²) in [5, 5.41) is 5.15. The molecule has 252 valence electrons. The first-order valence-electron chi connectivity index (χ1n) is 17.9. The first-order chi connectivity index (χ1) is 26.7. The molecule has 0 saturated carbocycles. The van der Waals surface area contributed by atoms with Gasteiger partial charge in [-0.05, 0) is 35.9 Å². The molecule has 6 heteroatoms. The highest BCUT2D eigenvalue weighted by atomic mass is 16.3. The molecule has 0 saturated heterocycles. The minimum Gasteiger partial charge on any atom is -0.455 e. The zero-order valence-corrected chi connectivity index (χ0v) is 28.8. The van der Waals surface area contributed by atoms with Gasteiger partial charge in [-0.3, -0.25) is 0 Å². The van der Waals surface area contributed by atoms with Crippen molar-refractivity contribution in [2.45, 2.75) is 0 Å². The molecule has 0 spiro atoms. The highest BCUT2D eigenvalue weighted by Gasteiger charge is 2.20. The zero-order chi connectivity index (χ0) is 35.6. The third kappa shape index (κ3) is 4.89. The fourth-order valence-electron chi connectivity index (χ4n) is 7.56. The molecule has 6 nitrogen and oxygen atoms in total. The van der Waals surface area contributed by atoms with Crippen LogP contribution in [0.1, 0.15) is 0 Å². The van der Waals surface area contributed by atoms with Gasteiger partial charge in [0.1, 0.15) is 22.3 Å². The summed E-state index contributed by atoms with van der Waals surface area (Å²) < 4.78 is 12.9. The molecule has 0 amide bonds. The minimum atomic E-state index is 0.554. The van der Waals surface area contributed by atoms with Crippen LogP contribution in [0.5, 0.6) is 0 Å². The van der Waals surface area contributed by atoms with Crippen molar-refractivity contribution in [2.75, 3.05) is 0 Å². The van der Waals surface area contributed by atoms with Crippen LogP contribution in [0.25, 0.3) is 111 Å². The molecule has 7 aromatic carbocycles. The van der Waals surface area contributed by atoms with Crippen LogP contribution in [-0.2, 0) is 0 Å². The van der Waals surface area contributed by atoms with Gasteiger partial charge in [-0.15, -0.1) is 0 Å². The van der Waals surface area contributed by atoms with Crippen molar-refractivity contribution < 1.29 is 8.83 Å². The third-order valence-corrected chi connectivity index (χ3v) is 10.1. The van der Waals surface area contributed by atoms with Gasteiger partial charge < -0.3 is 8.83 Å². The highest BCUT2D eigenvalue weighted by molar-refractivity contribution is 6.19. The zero-order valence-electron chi connectivity index (χ0n) is 28.8. The topological polar surface area (TPSA) is 77.8 Å². The molecule has 4 heterocycles. The normalized spacial score (nSPS) is 11.7. The van der Waals surface area contributed by atoms with Crippen molar-refractivity contribution in [1.29, 1.82) is 0 Å². The molecule has 54 heavy (non-hydrogen) atoms. The average Bonchev–Trinajstić information content (AvgIpc) is 3.83. The Labute approximate surface area is 309 Å². The summed E-state index contributed by atoms with van der Waals surface area (Å²) in [7, 11) is 0. The van der Waals surface area contributed by atoms with Gasteiger partial charge in [0.25, 0.3) is 0 Å². The smallest absolute Gasteiger partial charge is 0.164 e. The van der Waals surface area contributed by atoms with Crippen LogP contribution in [0.4, 0.5) is 0 Å². The first kappa shape index (κ1) is 30.2. The van der Waals surface area contributed by atoms with Crippen molar-refractivity contribution in [3.05, 3.63) is 170 Å². The van der Waals surface area contributed by atoms with E-state index in [9.17, 15) is 0 Å². The van der Waals surface area contributed by atoms with E-state index in [1.54, 1.807) is 0 Å². The van der Waals surface area contributed by atoms with Crippen molar-refractivity contribution in [1.82, 2.24) is 19.9 Å². The quantitative estimate of drug-likeness (QED) is 0.179. The lowest BCUT2D eigenvalue weighted by atomic mass is 10.00. The third-order valence-electron chi connectivity index (χ3n) is 10.1. The minimum absolute atomic E-state index is 0.554. The molecule has 0 bridgehead atoms. The molecule has 4 aromatic heterocycles. The lowest BCUT2D eigenvalue weighted by molar-refractivity contribution is 0.670. The van der Waals surface area contributed by atoms with Crippen LogP contribution in [0.2, 0.25) is 0 Å². The molecule has 0 aliphatic heterocycles. The van der Waals surface area contributed by atoms with E-state index >= 15 is 0 Å². The van der Waals surface area contributed by atoms with E-state index in [1.165, 1.54) is 0 Å². The molecule has 0 aliphatic carbocycles. The number of benzene rings is 7. The second-order valence-electron chi connectivity index (χ2n) is 13.4. The largest absolute Gasteiger partial charge is 0.455 e. The molecule has 11 aromatic rings. The molecule has 0 unspecified atom stereocenters. The predicted octanol–water partition coefficient (Wildman–Crippen LogP) is 12.6. The van der Waals surface area contributed by atoms with Crippen molar-refractivity contribution in [3.63, 3.8) is 0 Å². The first-order valence-corrected chi connectivity index (χ1v) is 17.9. The highest BCUT2D eigenvalue weighted by Crippen LogP contribution is 2.41. The second-order valence-corrected chi connectivity index (χ2v) is 13.4. The monoisotopic (exact) mass is 692 g/mol. The van der Waals surface area contributed by atoms with E-state index in [0.717, 1.165) is 93.9 Å². The van der Waals surface area contributed by atoms with Gasteiger partial charge in [0.15, 0.2) is 17.5 Å². The fourth-order valence-corrected chi connectivity index (χ4v) is 7.56. The van der Waals surface area contributed by atoms with E-state index < -0.39 is 0 Å². The summed E-state index contributed by atoms with van der Waals surface area (Å²) in [6.45, 7) is 0. The number of hydrogen-bond donors (Lipinski definition) is 0. The van der Waals surface area contributed by atoms with Gasteiger partial charge in [0, 0.05) is 49.4 Å². The predicted molar refractivity (Wildman–Crippen MR) is 217 cm³/mol. The van der Waals surface area contributed by atoms with E-state index in [0.29, 0.717) is 17.5 Å². The summed E-state index contributed by atoms with van der Waals surface area (Å²) in [6.07, 6.45) is 0. The average molecular weight is 693 g/mol. The van der Waals surface area contributed by atoms with Gasteiger partial charge in [0.2, 0.25) is 0 Å². The van der Waals surface area contributed by atoms with Crippen LogP contribution in [0.15, 0.2) is 179 Å². The summed E-state index contributed by atoms with van der Waals surface area (Å²) in [5.41, 5.74) is 10.7. The van der Waals surface area contributed by atoms with Gasteiger partial charge in [0.05, 0.1) is 16.6 Å². The Bertz CT molecular complexity index is 3220. The van der Waals surface area contributed by atoms with Crippen LogP contribution in [0.3, 0.4) is 0 Å². The maximum absolute atomic E-state index is 6.53. The van der Waals surface area contributed by atoms with Gasteiger partial charge >= 0.3 is 0 Å². The second kappa shape index (κ2) is 12.1. The number of fused-ring (bicyclic) bond motifs is 8. The van der Waals surface area contributed by atoms with Crippen molar-refractivity contribution in [2.24, 2.45) is 0 Å². The number of para-hydroxylation sites is 3. The molecule has 0 radical (unpaired) electrons. The summed E-state index contributed by atoms with van der Waals surface area (Å²) in [5.74, 6) is 1.72. The lowest BCUT2D eigenvalue weighted by Crippen LogP contribution is -2.00. The Hall–Kier alpha value is -7.44. The number of rotatable bonds is 5. The van der Waals surface area contributed by atoms with Gasteiger partial charge in [-0.25, -0.2) is 19.9 Å². The Morgan fingerprint density at radius 1 is 0.333 bits per heavy atom. The van der Waals surface area contributed by atoms with Crippen LogP contribution < -0.4 is 0 Å². The van der Waals surface area contributed by atoms with Crippen molar-refractivity contribution >= 4 is 54.8 Å². The van der Waals surface area contributed by atoms with Crippen LogP contribution in [-0.4, -0.2) is 19.9 Å². The van der Waals surface area contributed by atoms with Crippen LogP contribution in [0, 0.1) is 0 Å². The number of nitrogens with zero attached hydrogens (tertiary/aromatic N) is 4. The molecule has 0 fully saturated rings. The Kier molecular flexibility index (Phi) is 6.75. The maximum Gasteiger partial charge on any atom is 0.164 e. The standard InChI is InChI=1S/C48H28N4O2/c1-3-13-29(14-4-1)43-42-38-20-8-10-24-41(38)54-45(42)37-26-25-33(28-39(37)49-43)48-51-46(30-15-5-2-6-16-30)50-47(52-48)32-18-11-17-31(27-32)34-21-12-22-36-35-19-7-9-23-40(35)53-44(34)36/h1-28H. The number of hydrogen-bond acceptors (Lipinski definition) is 6. The molecular formula is C48H28N4O2. The number of furan rings is 2. The Morgan fingerprint density at radius 2 is 0.889 bits per heavy atom. The van der Waals surface area contributed by atoms with E-state index in [2.05, 4.69) is 66.7 Å². The summed E-state index contributed by atoms with van der Waals surface area (Å²) in [6, 6.07) is 57.4.